The number of aliphatic imine (C=N–C) groups is 1. The largest absolute Gasteiger partial charge is 0.507 e. The second-order valence-electron chi connectivity index (χ2n) is 4.89. The molecule has 1 heterocycles. The molecule has 2 nitrogen and oxygen atoms in total. The Hall–Kier alpha value is -1.78. The van der Waals surface area contributed by atoms with Gasteiger partial charge in [0.1, 0.15) is 5.75 Å². The van der Waals surface area contributed by atoms with Crippen LogP contribution in [-0.2, 0) is 5.75 Å². The van der Waals surface area contributed by atoms with Gasteiger partial charge in [-0.25, -0.2) is 0 Å². The van der Waals surface area contributed by atoms with Crippen molar-refractivity contribution >= 4 is 40.1 Å². The number of nitrogens with zero attached hydrogens (tertiary/aromatic N) is 1. The maximum atomic E-state index is 10.0. The molecule has 0 saturated heterocycles. The zero-order valence-electron chi connectivity index (χ0n) is 12.1. The van der Waals surface area contributed by atoms with Crippen molar-refractivity contribution in [1.29, 1.82) is 0 Å². The highest BCUT2D eigenvalue weighted by atomic mass is 32.2. The van der Waals surface area contributed by atoms with Crippen LogP contribution < -0.4 is 0 Å². The third kappa shape index (κ3) is 3.70. The first kappa shape index (κ1) is 15.1. The number of hydrogen-bond acceptors (Lipinski definition) is 4. The summed E-state index contributed by atoms with van der Waals surface area (Å²) in [6.07, 6.45) is 1.80. The zero-order chi connectivity index (χ0) is 15.2. The van der Waals surface area contributed by atoms with E-state index in [0.29, 0.717) is 0 Å². The van der Waals surface area contributed by atoms with Crippen molar-refractivity contribution in [2.24, 2.45) is 4.99 Å². The summed E-state index contributed by atoms with van der Waals surface area (Å²) in [6.45, 7) is 0.763. The van der Waals surface area contributed by atoms with E-state index in [1.165, 1.54) is 4.88 Å². The summed E-state index contributed by atoms with van der Waals surface area (Å²) in [6, 6.07) is 16.0. The predicted octanol–water partition coefficient (Wildman–Crippen LogP) is 4.96. The van der Waals surface area contributed by atoms with Crippen LogP contribution >= 0.6 is 23.1 Å². The van der Waals surface area contributed by atoms with Gasteiger partial charge < -0.3 is 5.11 Å². The average Bonchev–Trinajstić information content (AvgIpc) is 3.06. The summed E-state index contributed by atoms with van der Waals surface area (Å²) in [5.74, 6) is 2.32. The van der Waals surface area contributed by atoms with Gasteiger partial charge in [0.2, 0.25) is 0 Å². The minimum absolute atomic E-state index is 0.286. The molecule has 0 spiro atoms. The molecule has 0 radical (unpaired) electrons. The zero-order valence-corrected chi connectivity index (χ0v) is 13.7. The molecule has 0 aliphatic rings. The summed E-state index contributed by atoms with van der Waals surface area (Å²) in [5.41, 5.74) is 0.807. The Balaban J connectivity index is 1.59. The molecule has 3 rings (SSSR count). The van der Waals surface area contributed by atoms with Crippen molar-refractivity contribution in [1.82, 2.24) is 0 Å². The van der Waals surface area contributed by atoms with Crippen molar-refractivity contribution < 1.29 is 5.11 Å². The van der Waals surface area contributed by atoms with Gasteiger partial charge in [-0.1, -0.05) is 36.4 Å². The highest BCUT2D eigenvalue weighted by molar-refractivity contribution is 7.98. The second-order valence-corrected chi connectivity index (χ2v) is 7.02. The molecule has 0 unspecified atom stereocenters. The molecule has 0 saturated carbocycles. The van der Waals surface area contributed by atoms with E-state index in [9.17, 15) is 5.11 Å². The lowest BCUT2D eigenvalue weighted by atomic mass is 10.0. The minimum atomic E-state index is 0.286. The van der Waals surface area contributed by atoms with E-state index >= 15 is 0 Å². The standard InChI is InChI=1S/C18H17NOS2/c20-18-8-7-14-4-1-2-6-16(14)17(18)12-19-9-11-21-13-15-5-3-10-22-15/h1-8,10,12,20H,9,11,13H2. The van der Waals surface area contributed by atoms with Gasteiger partial charge in [-0.3, -0.25) is 4.99 Å². The number of phenolic OH excluding ortho intramolecular Hbond substituents is 1. The summed E-state index contributed by atoms with van der Waals surface area (Å²) < 4.78 is 0. The number of fused-ring (bicyclic) bond motifs is 1. The van der Waals surface area contributed by atoms with E-state index < -0.39 is 0 Å². The molecule has 1 N–H and O–H groups in total. The topological polar surface area (TPSA) is 32.6 Å². The molecule has 2 aromatic carbocycles. The maximum Gasteiger partial charge on any atom is 0.124 e. The lowest BCUT2D eigenvalue weighted by molar-refractivity contribution is 0.475. The minimum Gasteiger partial charge on any atom is -0.507 e. The first-order chi connectivity index (χ1) is 10.8. The summed E-state index contributed by atoms with van der Waals surface area (Å²) in [4.78, 5) is 5.87. The van der Waals surface area contributed by atoms with Crippen LogP contribution in [0.4, 0.5) is 0 Å². The van der Waals surface area contributed by atoms with E-state index in [-0.39, 0.29) is 5.75 Å². The van der Waals surface area contributed by atoms with Crippen LogP contribution in [0.1, 0.15) is 10.4 Å². The molecule has 3 aromatic rings. The fourth-order valence-electron chi connectivity index (χ4n) is 2.26. The Bertz CT molecular complexity index is 766. The van der Waals surface area contributed by atoms with Gasteiger partial charge in [0.15, 0.2) is 0 Å². The third-order valence-electron chi connectivity index (χ3n) is 3.36. The lowest BCUT2D eigenvalue weighted by Crippen LogP contribution is -1.90. The highest BCUT2D eigenvalue weighted by Gasteiger charge is 2.03. The second kappa shape index (κ2) is 7.47. The fourth-order valence-corrected chi connectivity index (χ4v) is 3.95. The van der Waals surface area contributed by atoms with Crippen molar-refractivity contribution in [3.05, 3.63) is 64.4 Å². The van der Waals surface area contributed by atoms with Crippen molar-refractivity contribution in [2.75, 3.05) is 12.3 Å². The van der Waals surface area contributed by atoms with Crippen LogP contribution in [0.15, 0.2) is 58.9 Å². The SMILES string of the molecule is Oc1ccc2ccccc2c1C=NCCSCc1cccs1. The number of thioether (sulfide) groups is 1. The van der Waals surface area contributed by atoms with Gasteiger partial charge in [-0.05, 0) is 28.3 Å². The van der Waals surface area contributed by atoms with Crippen molar-refractivity contribution in [3.63, 3.8) is 0 Å². The molecule has 1 aromatic heterocycles. The van der Waals surface area contributed by atoms with Gasteiger partial charge in [0, 0.05) is 34.7 Å². The number of rotatable bonds is 6. The smallest absolute Gasteiger partial charge is 0.124 e. The molecule has 0 fully saturated rings. The maximum absolute atomic E-state index is 10.0. The first-order valence-electron chi connectivity index (χ1n) is 7.15. The van der Waals surface area contributed by atoms with Crippen molar-refractivity contribution in [3.8, 4) is 5.75 Å². The van der Waals surface area contributed by atoms with Gasteiger partial charge in [-0.15, -0.1) is 11.3 Å². The lowest BCUT2D eigenvalue weighted by Gasteiger charge is -2.04. The average molecular weight is 327 g/mol. The summed E-state index contributed by atoms with van der Waals surface area (Å²) in [7, 11) is 0. The number of benzene rings is 2. The molecule has 0 atom stereocenters. The monoisotopic (exact) mass is 327 g/mol. The van der Waals surface area contributed by atoms with Gasteiger partial charge in [0.05, 0.1) is 0 Å². The molecule has 22 heavy (non-hydrogen) atoms. The molecule has 4 heteroatoms. The van der Waals surface area contributed by atoms with Crippen LogP contribution in [0, 0.1) is 0 Å². The number of aromatic hydroxyl groups is 1. The molecule has 112 valence electrons. The number of thiophene rings is 1. The molecule has 0 bridgehead atoms. The normalized spacial score (nSPS) is 11.5. The van der Waals surface area contributed by atoms with E-state index in [1.54, 1.807) is 23.6 Å². The summed E-state index contributed by atoms with van der Waals surface area (Å²) >= 11 is 3.68. The van der Waals surface area contributed by atoms with E-state index in [0.717, 1.165) is 34.4 Å². The van der Waals surface area contributed by atoms with Gasteiger partial charge in [0.25, 0.3) is 0 Å². The third-order valence-corrected chi connectivity index (χ3v) is 5.40. The Labute approximate surface area is 138 Å². The van der Waals surface area contributed by atoms with Crippen LogP contribution in [-0.4, -0.2) is 23.6 Å². The van der Waals surface area contributed by atoms with Crippen LogP contribution in [0.5, 0.6) is 5.75 Å². The Morgan fingerprint density at radius 2 is 2.00 bits per heavy atom. The Kier molecular flexibility index (Phi) is 5.14. The quantitative estimate of drug-likeness (QED) is 0.513. The Morgan fingerprint density at radius 3 is 2.86 bits per heavy atom. The van der Waals surface area contributed by atoms with E-state index in [2.05, 4.69) is 22.5 Å². The predicted molar refractivity (Wildman–Crippen MR) is 98.6 cm³/mol. The van der Waals surface area contributed by atoms with Gasteiger partial charge in [-0.2, -0.15) is 11.8 Å². The van der Waals surface area contributed by atoms with Crippen molar-refractivity contribution in [2.45, 2.75) is 5.75 Å². The highest BCUT2D eigenvalue weighted by Crippen LogP contribution is 2.25. The van der Waals surface area contributed by atoms with Gasteiger partial charge >= 0.3 is 0 Å². The number of hydrogen-bond donors (Lipinski definition) is 1. The first-order valence-corrected chi connectivity index (χ1v) is 9.19. The Morgan fingerprint density at radius 1 is 1.09 bits per heavy atom. The van der Waals surface area contributed by atoms with Crippen LogP contribution in [0.3, 0.4) is 0 Å². The molecule has 0 aliphatic carbocycles. The van der Waals surface area contributed by atoms with E-state index in [4.69, 9.17) is 0 Å². The van der Waals surface area contributed by atoms with Crippen LogP contribution in [0.2, 0.25) is 0 Å². The van der Waals surface area contributed by atoms with E-state index in [1.807, 2.05) is 42.1 Å². The molecule has 0 amide bonds. The molecular weight excluding hydrogens is 310 g/mol. The fraction of sp³-hybridized carbons (Fsp3) is 0.167. The number of phenols is 1. The molecule has 0 aliphatic heterocycles. The van der Waals surface area contributed by atoms with Crippen LogP contribution in [0.25, 0.3) is 10.8 Å². The summed E-state index contributed by atoms with van der Waals surface area (Å²) in [5, 5.41) is 14.3. The molecular formula is C18H17NOS2.